The van der Waals surface area contributed by atoms with E-state index in [4.69, 9.17) is 4.74 Å². The van der Waals surface area contributed by atoms with Crippen LogP contribution in [-0.2, 0) is 19.7 Å². The summed E-state index contributed by atoms with van der Waals surface area (Å²) in [6, 6.07) is 0. The van der Waals surface area contributed by atoms with E-state index >= 15 is 0 Å². The largest absolute Gasteiger partial charge is 0.385 e. The predicted molar refractivity (Wildman–Crippen MR) is 92.8 cm³/mol. The highest BCUT2D eigenvalue weighted by molar-refractivity contribution is 7.86. The third kappa shape index (κ3) is 5.40. The van der Waals surface area contributed by atoms with Gasteiger partial charge in [-0.25, -0.2) is 0 Å². The van der Waals surface area contributed by atoms with Crippen LogP contribution in [0.25, 0.3) is 0 Å². The number of carbonyl (C=O) groups is 1. The molecular weight excluding hydrogens is 330 g/mol. The summed E-state index contributed by atoms with van der Waals surface area (Å²) in [6.45, 7) is 3.21. The molecule has 0 radical (unpaired) electrons. The fourth-order valence-corrected chi connectivity index (χ4v) is 5.15. The molecule has 140 valence electrons. The van der Waals surface area contributed by atoms with Gasteiger partial charge in [-0.15, -0.1) is 0 Å². The molecule has 24 heavy (non-hydrogen) atoms. The van der Waals surface area contributed by atoms with Crippen LogP contribution in [-0.4, -0.2) is 69.4 Å². The average Bonchev–Trinajstić information content (AvgIpc) is 2.88. The summed E-state index contributed by atoms with van der Waals surface area (Å²) in [5, 5.41) is 2.89. The first-order valence-electron chi connectivity index (χ1n) is 9.07. The van der Waals surface area contributed by atoms with Crippen LogP contribution in [0.3, 0.4) is 0 Å². The fraction of sp³-hybridized carbons (Fsp3) is 0.938. The number of piperidine rings is 1. The summed E-state index contributed by atoms with van der Waals surface area (Å²) >= 11 is 0. The van der Waals surface area contributed by atoms with E-state index in [1.54, 1.807) is 11.4 Å². The van der Waals surface area contributed by atoms with Gasteiger partial charge in [0.1, 0.15) is 0 Å². The minimum absolute atomic E-state index is 0.0399. The topological polar surface area (TPSA) is 79.0 Å². The molecule has 0 aromatic heterocycles. The zero-order chi connectivity index (χ0) is 17.4. The third-order valence-corrected chi connectivity index (χ3v) is 6.80. The van der Waals surface area contributed by atoms with Crippen molar-refractivity contribution >= 4 is 16.1 Å². The highest BCUT2D eigenvalue weighted by Gasteiger charge is 2.35. The number of nitrogens with one attached hydrogen (secondary N) is 1. The van der Waals surface area contributed by atoms with Crippen molar-refractivity contribution in [3.05, 3.63) is 0 Å². The van der Waals surface area contributed by atoms with E-state index < -0.39 is 10.2 Å². The Kier molecular flexibility index (Phi) is 7.93. The lowest BCUT2D eigenvalue weighted by Crippen LogP contribution is -2.50. The number of rotatable bonds is 7. The molecule has 2 aliphatic rings. The Hall–Kier alpha value is -0.700. The number of methoxy groups -OCH3 is 1. The highest BCUT2D eigenvalue weighted by Crippen LogP contribution is 2.23. The lowest BCUT2D eigenvalue weighted by molar-refractivity contribution is -0.126. The average molecular weight is 362 g/mol. The van der Waals surface area contributed by atoms with Crippen LogP contribution in [0.5, 0.6) is 0 Å². The normalized spacial score (nSPS) is 24.5. The van der Waals surface area contributed by atoms with E-state index in [0.29, 0.717) is 39.3 Å². The molecule has 0 aromatic carbocycles. The molecular formula is C16H31N3O4S. The summed E-state index contributed by atoms with van der Waals surface area (Å²) in [5.74, 6) is -0.287. The van der Waals surface area contributed by atoms with Gasteiger partial charge in [0, 0.05) is 46.4 Å². The molecule has 2 fully saturated rings. The van der Waals surface area contributed by atoms with Gasteiger partial charge in [0.05, 0.1) is 5.92 Å². The molecule has 2 saturated heterocycles. The maximum Gasteiger partial charge on any atom is 0.281 e. The molecule has 0 aromatic rings. The SMILES string of the molecule is COCCCNC(=O)C1CCCN(S(=O)(=O)N2CCCCCC2)C1. The number of amides is 1. The van der Waals surface area contributed by atoms with E-state index in [1.807, 2.05) is 0 Å². The first-order valence-corrected chi connectivity index (χ1v) is 10.5. The lowest BCUT2D eigenvalue weighted by Gasteiger charge is -2.34. The van der Waals surface area contributed by atoms with Gasteiger partial charge in [0.15, 0.2) is 0 Å². The number of hydrogen-bond donors (Lipinski definition) is 1. The van der Waals surface area contributed by atoms with Crippen molar-refractivity contribution in [3.63, 3.8) is 0 Å². The lowest BCUT2D eigenvalue weighted by atomic mass is 9.99. The standard InChI is InChI=1S/C16H31N3O4S/c1-23-13-7-9-17-16(20)15-8-6-12-19(14-15)24(21,22)18-10-4-2-3-5-11-18/h15H,2-14H2,1H3,(H,17,20). The third-order valence-electron chi connectivity index (χ3n) is 4.80. The number of nitrogens with zero attached hydrogens (tertiary/aromatic N) is 2. The van der Waals surface area contributed by atoms with Crippen LogP contribution in [0.4, 0.5) is 0 Å². The molecule has 1 N–H and O–H groups in total. The van der Waals surface area contributed by atoms with Gasteiger partial charge in [0.25, 0.3) is 10.2 Å². The summed E-state index contributed by atoms with van der Waals surface area (Å²) in [5.41, 5.74) is 0. The Labute approximate surface area is 145 Å². The molecule has 2 aliphatic heterocycles. The maximum atomic E-state index is 12.9. The summed E-state index contributed by atoms with van der Waals surface area (Å²) in [7, 11) is -1.80. The van der Waals surface area contributed by atoms with Gasteiger partial charge in [-0.2, -0.15) is 17.0 Å². The van der Waals surface area contributed by atoms with Gasteiger partial charge in [-0.1, -0.05) is 12.8 Å². The quantitative estimate of drug-likeness (QED) is 0.686. The summed E-state index contributed by atoms with van der Waals surface area (Å²) < 4.78 is 33.8. The second-order valence-electron chi connectivity index (χ2n) is 6.66. The molecule has 0 spiro atoms. The van der Waals surface area contributed by atoms with Crippen LogP contribution in [0.15, 0.2) is 0 Å². The van der Waals surface area contributed by atoms with Crippen LogP contribution in [0, 0.1) is 5.92 Å². The predicted octanol–water partition coefficient (Wildman–Crippen LogP) is 0.972. The molecule has 0 aliphatic carbocycles. The Morgan fingerprint density at radius 1 is 1.08 bits per heavy atom. The minimum atomic E-state index is -3.44. The number of hydrogen-bond acceptors (Lipinski definition) is 4. The maximum absolute atomic E-state index is 12.9. The molecule has 0 bridgehead atoms. The molecule has 8 heteroatoms. The van der Waals surface area contributed by atoms with E-state index in [0.717, 1.165) is 44.9 Å². The Morgan fingerprint density at radius 2 is 1.75 bits per heavy atom. The Bertz CT molecular complexity index is 490. The van der Waals surface area contributed by atoms with Crippen molar-refractivity contribution < 1.29 is 17.9 Å². The van der Waals surface area contributed by atoms with Crippen molar-refractivity contribution in [3.8, 4) is 0 Å². The first kappa shape index (κ1) is 19.6. The molecule has 1 amide bonds. The van der Waals surface area contributed by atoms with E-state index in [-0.39, 0.29) is 11.8 Å². The second-order valence-corrected chi connectivity index (χ2v) is 8.58. The molecule has 2 heterocycles. The molecule has 7 nitrogen and oxygen atoms in total. The first-order chi connectivity index (χ1) is 11.6. The zero-order valence-electron chi connectivity index (χ0n) is 14.7. The van der Waals surface area contributed by atoms with Crippen molar-refractivity contribution in [2.45, 2.75) is 44.9 Å². The van der Waals surface area contributed by atoms with Crippen molar-refractivity contribution in [1.29, 1.82) is 0 Å². The van der Waals surface area contributed by atoms with E-state index in [2.05, 4.69) is 5.32 Å². The van der Waals surface area contributed by atoms with E-state index in [9.17, 15) is 13.2 Å². The Balaban J connectivity index is 1.90. The number of ether oxygens (including phenoxy) is 1. The smallest absolute Gasteiger partial charge is 0.281 e. The van der Waals surface area contributed by atoms with Crippen LogP contribution >= 0.6 is 0 Å². The molecule has 2 rings (SSSR count). The summed E-state index contributed by atoms with van der Waals surface area (Å²) in [4.78, 5) is 12.3. The molecule has 1 unspecified atom stereocenters. The fourth-order valence-electron chi connectivity index (χ4n) is 3.37. The van der Waals surface area contributed by atoms with Gasteiger partial charge in [0.2, 0.25) is 5.91 Å². The van der Waals surface area contributed by atoms with Crippen molar-refractivity contribution in [2.24, 2.45) is 5.92 Å². The van der Waals surface area contributed by atoms with Crippen LogP contribution in [0.2, 0.25) is 0 Å². The van der Waals surface area contributed by atoms with Crippen molar-refractivity contribution in [2.75, 3.05) is 46.4 Å². The highest BCUT2D eigenvalue weighted by atomic mass is 32.2. The van der Waals surface area contributed by atoms with Gasteiger partial charge in [-0.05, 0) is 32.1 Å². The minimum Gasteiger partial charge on any atom is -0.385 e. The van der Waals surface area contributed by atoms with Gasteiger partial charge in [-0.3, -0.25) is 4.79 Å². The Morgan fingerprint density at radius 3 is 2.42 bits per heavy atom. The van der Waals surface area contributed by atoms with Crippen LogP contribution < -0.4 is 5.32 Å². The van der Waals surface area contributed by atoms with Gasteiger partial charge < -0.3 is 10.1 Å². The number of carbonyl (C=O) groups excluding carboxylic acids is 1. The monoisotopic (exact) mass is 361 g/mol. The van der Waals surface area contributed by atoms with Crippen molar-refractivity contribution in [1.82, 2.24) is 13.9 Å². The zero-order valence-corrected chi connectivity index (χ0v) is 15.5. The second kappa shape index (κ2) is 9.70. The van der Waals surface area contributed by atoms with Crippen LogP contribution in [0.1, 0.15) is 44.9 Å². The summed E-state index contributed by atoms with van der Waals surface area (Å²) in [6.07, 6.45) is 6.31. The molecule has 0 saturated carbocycles. The van der Waals surface area contributed by atoms with Gasteiger partial charge >= 0.3 is 0 Å². The van der Waals surface area contributed by atoms with E-state index in [1.165, 1.54) is 4.31 Å². The molecule has 1 atom stereocenters.